The summed E-state index contributed by atoms with van der Waals surface area (Å²) in [5.74, 6) is 1.75. The van der Waals surface area contributed by atoms with Crippen molar-refractivity contribution < 1.29 is 9.47 Å². The Hall–Kier alpha value is -1.26. The summed E-state index contributed by atoms with van der Waals surface area (Å²) >= 11 is 0. The van der Waals surface area contributed by atoms with E-state index in [-0.39, 0.29) is 6.17 Å². The van der Waals surface area contributed by atoms with Crippen LogP contribution >= 0.6 is 0 Å². The van der Waals surface area contributed by atoms with Crippen molar-refractivity contribution >= 4 is 0 Å². The van der Waals surface area contributed by atoms with Gasteiger partial charge in [-0.05, 0) is 45.8 Å². The van der Waals surface area contributed by atoms with Gasteiger partial charge in [0, 0.05) is 5.56 Å². The Morgan fingerprint density at radius 2 is 1.71 bits per heavy atom. The van der Waals surface area contributed by atoms with Gasteiger partial charge in [-0.3, -0.25) is 4.90 Å². The van der Waals surface area contributed by atoms with Gasteiger partial charge in [-0.15, -0.1) is 0 Å². The normalized spacial score (nSPS) is 12.6. The largest absolute Gasteiger partial charge is 0.496 e. The minimum absolute atomic E-state index is 0.0967. The molecule has 1 N–H and O–H groups in total. The summed E-state index contributed by atoms with van der Waals surface area (Å²) in [6, 6.07) is 4.03. The SMILES string of the molecule is CNC(c1cc(OC)c(C)cc1OC)N(C)C. The van der Waals surface area contributed by atoms with Crippen LogP contribution in [0.25, 0.3) is 0 Å². The molecular formula is C13H22N2O2. The van der Waals surface area contributed by atoms with Crippen LogP contribution in [0.5, 0.6) is 11.5 Å². The van der Waals surface area contributed by atoms with Gasteiger partial charge in [-0.2, -0.15) is 0 Å². The highest BCUT2D eigenvalue weighted by Gasteiger charge is 2.18. The third-order valence-electron chi connectivity index (χ3n) is 2.83. The van der Waals surface area contributed by atoms with Gasteiger partial charge in [0.15, 0.2) is 0 Å². The predicted molar refractivity (Wildman–Crippen MR) is 69.8 cm³/mol. The molecule has 0 amide bonds. The van der Waals surface area contributed by atoms with Gasteiger partial charge < -0.3 is 14.8 Å². The third-order valence-corrected chi connectivity index (χ3v) is 2.83. The van der Waals surface area contributed by atoms with Gasteiger partial charge in [-0.1, -0.05) is 0 Å². The molecule has 17 heavy (non-hydrogen) atoms. The Bertz CT molecular complexity index is 378. The van der Waals surface area contributed by atoms with Crippen molar-refractivity contribution in [2.24, 2.45) is 0 Å². The lowest BCUT2D eigenvalue weighted by Gasteiger charge is -2.26. The molecule has 0 heterocycles. The van der Waals surface area contributed by atoms with Gasteiger partial charge in [0.2, 0.25) is 0 Å². The summed E-state index contributed by atoms with van der Waals surface area (Å²) in [4.78, 5) is 2.09. The lowest BCUT2D eigenvalue weighted by atomic mass is 10.1. The molecule has 0 aliphatic rings. The second-order valence-electron chi connectivity index (χ2n) is 4.22. The monoisotopic (exact) mass is 238 g/mol. The fourth-order valence-corrected chi connectivity index (χ4v) is 1.98. The number of nitrogens with one attached hydrogen (secondary N) is 1. The Morgan fingerprint density at radius 3 is 2.12 bits per heavy atom. The number of rotatable bonds is 5. The van der Waals surface area contributed by atoms with Gasteiger partial charge in [-0.25, -0.2) is 0 Å². The second kappa shape index (κ2) is 5.89. The minimum Gasteiger partial charge on any atom is -0.496 e. The topological polar surface area (TPSA) is 33.7 Å². The molecule has 1 rings (SSSR count). The summed E-state index contributed by atoms with van der Waals surface area (Å²) in [5.41, 5.74) is 2.14. The van der Waals surface area contributed by atoms with Crippen molar-refractivity contribution in [1.82, 2.24) is 10.2 Å². The lowest BCUT2D eigenvalue weighted by Crippen LogP contribution is -2.31. The molecule has 0 aliphatic carbocycles. The van der Waals surface area contributed by atoms with Gasteiger partial charge in [0.25, 0.3) is 0 Å². The molecule has 0 saturated heterocycles. The van der Waals surface area contributed by atoms with E-state index >= 15 is 0 Å². The first-order chi connectivity index (χ1) is 8.04. The molecule has 0 bridgehead atoms. The van der Waals surface area contributed by atoms with Crippen molar-refractivity contribution in [3.63, 3.8) is 0 Å². The van der Waals surface area contributed by atoms with Crippen LogP contribution in [-0.2, 0) is 0 Å². The molecule has 1 aromatic carbocycles. The number of nitrogens with zero attached hydrogens (tertiary/aromatic N) is 1. The smallest absolute Gasteiger partial charge is 0.125 e. The van der Waals surface area contributed by atoms with Crippen LogP contribution < -0.4 is 14.8 Å². The molecular weight excluding hydrogens is 216 g/mol. The van der Waals surface area contributed by atoms with Crippen LogP contribution in [0.2, 0.25) is 0 Å². The first-order valence-electron chi connectivity index (χ1n) is 5.61. The molecule has 1 unspecified atom stereocenters. The molecule has 96 valence electrons. The molecule has 0 aromatic heterocycles. The number of methoxy groups -OCH3 is 2. The fourth-order valence-electron chi connectivity index (χ4n) is 1.98. The van der Waals surface area contributed by atoms with Crippen LogP contribution in [0, 0.1) is 6.92 Å². The highest BCUT2D eigenvalue weighted by Crippen LogP contribution is 2.32. The van der Waals surface area contributed by atoms with Crippen molar-refractivity contribution in [1.29, 1.82) is 0 Å². The maximum atomic E-state index is 5.44. The zero-order chi connectivity index (χ0) is 13.0. The zero-order valence-corrected chi connectivity index (χ0v) is 11.5. The van der Waals surface area contributed by atoms with E-state index in [9.17, 15) is 0 Å². The van der Waals surface area contributed by atoms with E-state index in [0.29, 0.717) is 0 Å². The molecule has 4 nitrogen and oxygen atoms in total. The summed E-state index contributed by atoms with van der Waals surface area (Å²) in [6.45, 7) is 2.01. The van der Waals surface area contributed by atoms with E-state index in [1.807, 2.05) is 40.2 Å². The second-order valence-corrected chi connectivity index (χ2v) is 4.22. The summed E-state index contributed by atoms with van der Waals surface area (Å²) < 4.78 is 10.8. The van der Waals surface area contributed by atoms with E-state index in [2.05, 4.69) is 10.2 Å². The summed E-state index contributed by atoms with van der Waals surface area (Å²) in [5, 5.41) is 3.25. The molecule has 1 atom stereocenters. The quantitative estimate of drug-likeness (QED) is 0.793. The first-order valence-corrected chi connectivity index (χ1v) is 5.61. The van der Waals surface area contributed by atoms with Crippen LogP contribution in [0.4, 0.5) is 0 Å². The van der Waals surface area contributed by atoms with Crippen LogP contribution in [0.15, 0.2) is 12.1 Å². The maximum Gasteiger partial charge on any atom is 0.125 e. The molecule has 0 fully saturated rings. The van der Waals surface area contributed by atoms with Crippen LogP contribution in [0.3, 0.4) is 0 Å². The van der Waals surface area contributed by atoms with Crippen LogP contribution in [0.1, 0.15) is 17.3 Å². The van der Waals surface area contributed by atoms with E-state index in [0.717, 1.165) is 22.6 Å². The van der Waals surface area contributed by atoms with E-state index in [1.165, 1.54) is 0 Å². The van der Waals surface area contributed by atoms with Crippen molar-refractivity contribution in [2.75, 3.05) is 35.4 Å². The van der Waals surface area contributed by atoms with Crippen molar-refractivity contribution in [3.05, 3.63) is 23.3 Å². The Kier molecular flexibility index (Phi) is 4.78. The summed E-state index contributed by atoms with van der Waals surface area (Å²) in [7, 11) is 9.34. The molecule has 0 aliphatic heterocycles. The molecule has 0 saturated carbocycles. The number of aryl methyl sites for hydroxylation is 1. The predicted octanol–water partition coefficient (Wildman–Crippen LogP) is 1.79. The standard InChI is InChI=1S/C13H22N2O2/c1-9-7-12(17-6)10(8-11(9)16-5)13(14-2)15(3)4/h7-8,13-14H,1-6H3. The number of hydrogen-bond donors (Lipinski definition) is 1. The number of ether oxygens (including phenoxy) is 2. The number of benzene rings is 1. The van der Waals surface area contributed by atoms with Gasteiger partial charge >= 0.3 is 0 Å². The lowest BCUT2D eigenvalue weighted by molar-refractivity contribution is 0.255. The highest BCUT2D eigenvalue weighted by atomic mass is 16.5. The molecule has 0 radical (unpaired) electrons. The van der Waals surface area contributed by atoms with Crippen molar-refractivity contribution in [3.8, 4) is 11.5 Å². The van der Waals surface area contributed by atoms with E-state index < -0.39 is 0 Å². The Labute approximate surface area is 104 Å². The average Bonchev–Trinajstić information content (AvgIpc) is 2.30. The first kappa shape index (κ1) is 13.8. The maximum absolute atomic E-state index is 5.44. The van der Waals surface area contributed by atoms with Crippen LogP contribution in [-0.4, -0.2) is 40.3 Å². The molecule has 4 heteroatoms. The van der Waals surface area contributed by atoms with E-state index in [1.54, 1.807) is 14.2 Å². The average molecular weight is 238 g/mol. The zero-order valence-electron chi connectivity index (χ0n) is 11.5. The van der Waals surface area contributed by atoms with Gasteiger partial charge in [0.05, 0.1) is 20.4 Å². The molecule has 1 aromatic rings. The minimum atomic E-state index is 0.0967. The summed E-state index contributed by atoms with van der Waals surface area (Å²) in [6.07, 6.45) is 0.0967. The molecule has 0 spiro atoms. The van der Waals surface area contributed by atoms with Crippen molar-refractivity contribution in [2.45, 2.75) is 13.1 Å². The Morgan fingerprint density at radius 1 is 1.12 bits per heavy atom. The van der Waals surface area contributed by atoms with E-state index in [4.69, 9.17) is 9.47 Å². The van der Waals surface area contributed by atoms with Gasteiger partial charge in [0.1, 0.15) is 11.5 Å². The Balaban J connectivity index is 3.28. The highest BCUT2D eigenvalue weighted by molar-refractivity contribution is 5.47. The number of hydrogen-bond acceptors (Lipinski definition) is 4. The fraction of sp³-hybridized carbons (Fsp3) is 0.538. The third kappa shape index (κ3) is 2.90.